The van der Waals surface area contributed by atoms with Gasteiger partial charge in [-0.15, -0.1) is 0 Å². The highest BCUT2D eigenvalue weighted by molar-refractivity contribution is 9.10. The van der Waals surface area contributed by atoms with Crippen LogP contribution in [0.2, 0.25) is 0 Å². The zero-order chi connectivity index (χ0) is 75.0. The van der Waals surface area contributed by atoms with Crippen LogP contribution in [0.3, 0.4) is 0 Å². The fraction of sp³-hybridized carbons (Fsp3) is 0.172. The fourth-order valence-corrected chi connectivity index (χ4v) is 10.4. The number of para-hydroxylation sites is 2. The summed E-state index contributed by atoms with van der Waals surface area (Å²) >= 11 is 3.25. The number of ether oxygens (including phenoxy) is 4. The van der Waals surface area contributed by atoms with Gasteiger partial charge in [0.2, 0.25) is 11.8 Å². The molecule has 0 N–H and O–H groups in total. The molecule has 0 saturated carbocycles. The van der Waals surface area contributed by atoms with E-state index in [1.54, 1.807) is 85.8 Å². The second-order valence-corrected chi connectivity index (χ2v) is 27.7. The summed E-state index contributed by atoms with van der Waals surface area (Å²) in [6.07, 6.45) is 0. The second kappa shape index (κ2) is 30.7. The van der Waals surface area contributed by atoms with E-state index in [0.717, 1.165) is 46.3 Å². The second-order valence-electron chi connectivity index (χ2n) is 19.1. The Morgan fingerprint density at radius 2 is 0.670 bits per heavy atom. The Balaban J connectivity index is 0.000000197. The van der Waals surface area contributed by atoms with Crippen molar-refractivity contribution in [2.24, 2.45) is 0 Å². The van der Waals surface area contributed by atoms with Crippen molar-refractivity contribution in [3.8, 4) is 52.0 Å². The summed E-state index contributed by atoms with van der Waals surface area (Å²) in [6, 6.07) is 39.4. The number of fused-ring (bicyclic) bond motifs is 5. The summed E-state index contributed by atoms with van der Waals surface area (Å²) < 4.78 is 334. The topological polar surface area (TPSA) is 280 Å². The van der Waals surface area contributed by atoms with Gasteiger partial charge in [-0.2, -0.15) is 108 Å². The third kappa shape index (κ3) is 20.0. The Kier molecular flexibility index (Phi) is 24.5. The number of hydrogen-bond acceptors (Lipinski definition) is 21. The van der Waals surface area contributed by atoms with E-state index >= 15 is 0 Å². The van der Waals surface area contributed by atoms with E-state index in [-0.39, 0.29) is 5.75 Å². The van der Waals surface area contributed by atoms with E-state index in [9.17, 15) is 108 Å². The first-order valence-corrected chi connectivity index (χ1v) is 34.2. The molecule has 0 fully saturated rings. The maximum Gasteiger partial charge on any atom is 0.534 e. The van der Waals surface area contributed by atoms with Crippen LogP contribution in [-0.4, -0.2) is 108 Å². The lowest BCUT2D eigenvalue weighted by atomic mass is 10.1. The molecule has 100 heavy (non-hydrogen) atoms. The quantitative estimate of drug-likeness (QED) is 0.0555. The zero-order valence-electron chi connectivity index (χ0n) is 50.3. The first-order valence-electron chi connectivity index (χ1n) is 26.3. The van der Waals surface area contributed by atoms with Crippen molar-refractivity contribution in [2.45, 2.75) is 34.5 Å². The summed E-state index contributed by atoms with van der Waals surface area (Å²) in [5.41, 5.74) is -26.1. The summed E-state index contributed by atoms with van der Waals surface area (Å²) in [5, 5.41) is 4.63. The minimum Gasteiger partial charge on any atom is -0.496 e. The molecule has 0 unspecified atom stereocenters. The molecule has 0 spiro atoms. The van der Waals surface area contributed by atoms with Gasteiger partial charge in [0, 0.05) is 38.2 Å². The third-order valence-electron chi connectivity index (χ3n) is 12.3. The van der Waals surface area contributed by atoms with Crippen LogP contribution in [0.15, 0.2) is 168 Å². The van der Waals surface area contributed by atoms with Gasteiger partial charge < -0.3 is 39.9 Å². The maximum atomic E-state index is 12.3. The van der Waals surface area contributed by atoms with Crippen LogP contribution < -0.4 is 39.9 Å². The monoisotopic (exact) mass is 1590 g/mol. The van der Waals surface area contributed by atoms with Crippen molar-refractivity contribution in [1.29, 1.82) is 0 Å². The molecule has 2 heterocycles. The average Bonchev–Trinajstić information content (AvgIpc) is 0.786. The summed E-state index contributed by atoms with van der Waals surface area (Å²) in [6.45, 7) is 1.62. The predicted molar refractivity (Wildman–Crippen MR) is 332 cm³/mol. The lowest BCUT2D eigenvalue weighted by molar-refractivity contribution is -0.0506. The van der Waals surface area contributed by atoms with Gasteiger partial charge in [0.1, 0.15) is 28.7 Å². The van der Waals surface area contributed by atoms with E-state index in [1.807, 2.05) is 0 Å². The van der Waals surface area contributed by atoms with Gasteiger partial charge in [0.05, 0.1) is 39.5 Å². The highest BCUT2D eigenvalue weighted by atomic mass is 79.9. The summed E-state index contributed by atoms with van der Waals surface area (Å²) in [7, 11) is -22.8. The Labute approximate surface area is 564 Å². The van der Waals surface area contributed by atoms with Crippen molar-refractivity contribution in [2.75, 3.05) is 28.4 Å². The minimum absolute atomic E-state index is 0.339. The van der Waals surface area contributed by atoms with Crippen LogP contribution >= 0.6 is 15.9 Å². The average molecular weight is 1600 g/mol. The van der Waals surface area contributed by atoms with E-state index in [1.165, 1.54) is 77.0 Å². The van der Waals surface area contributed by atoms with Crippen LogP contribution in [0.4, 0.5) is 65.9 Å². The number of methoxy groups -OCH3 is 4. The van der Waals surface area contributed by atoms with Crippen LogP contribution in [0.25, 0.3) is 54.1 Å². The lowest BCUT2D eigenvalue weighted by Crippen LogP contribution is -2.28. The van der Waals surface area contributed by atoms with E-state index in [4.69, 9.17) is 18.9 Å². The molecule has 8 aromatic carbocycles. The minimum atomic E-state index is -5.73. The van der Waals surface area contributed by atoms with Gasteiger partial charge >= 0.3 is 78.1 Å². The predicted octanol–water partition coefficient (Wildman–Crippen LogP) is 15.2. The molecule has 0 saturated heterocycles. The number of hydrogen-bond donors (Lipinski definition) is 0. The fourth-order valence-electron chi connectivity index (χ4n) is 7.83. The molecule has 0 atom stereocenters. The van der Waals surface area contributed by atoms with Crippen LogP contribution in [0.1, 0.15) is 5.56 Å². The molecule has 21 nitrogen and oxygen atoms in total. The smallest absolute Gasteiger partial charge is 0.496 e. The van der Waals surface area contributed by atoms with E-state index in [0.29, 0.717) is 77.3 Å². The van der Waals surface area contributed by atoms with Gasteiger partial charge in [-0.25, -0.2) is 9.97 Å². The van der Waals surface area contributed by atoms with Crippen molar-refractivity contribution in [1.82, 2.24) is 9.97 Å². The molecular weight excluding hydrogens is 1550 g/mol. The number of halogens is 16. The molecular formula is C58H42BrF15N2O19S5. The number of benzene rings is 8. The molecule has 540 valence electrons. The molecule has 0 bridgehead atoms. The maximum absolute atomic E-state index is 12.3. The van der Waals surface area contributed by atoms with Crippen LogP contribution in [0.5, 0.6) is 52.0 Å². The number of pyridine rings is 2. The molecule has 0 amide bonds. The lowest BCUT2D eigenvalue weighted by Gasteiger charge is -2.12. The molecule has 2 aromatic heterocycles. The highest BCUT2D eigenvalue weighted by Crippen LogP contribution is 2.39. The number of alkyl halides is 15. The normalized spacial score (nSPS) is 12.4. The summed E-state index contributed by atoms with van der Waals surface area (Å²) in [5.74, 6) is -0.941. The standard InChI is InChI=1S/2C13H11F3O5S.C11H6BrF3O3S.C11H8F3NO3S.C10H6F3NO3S/c1-19-11-6-8-3-4-10(5-9(8)7-12(11)20-2)21-22(17,18)13(14,15)16;1-19-11-5-6-12(20-2)10-7-8(3-4-9(10)11)21-22(17,18)13(14,15)16;12-9-3-1-8-6-10(4-2-7(8)5-9)18-19(16,17)11(13,14)15;1-7-6-10(18-19(16,17)11(12,13)14)15-9-5-3-2-4-8(7)9;11-10(12,13)18(15,16)17-9-6-5-7-3-1-2-4-8(7)14-9/h2*3-7H,1-2H3;1-6H;2-6H,1H3;1-6H. The SMILES string of the molecule is COc1cc2ccc(OS(=O)(=O)C(F)(F)F)cc2cc1OC.COc1ccc(OC)c2cc(OS(=O)(=O)C(F)(F)F)ccc12.Cc1cc(OS(=O)(=O)C(F)(F)F)nc2ccccc12.O=S(=O)(Oc1ccc2cc(Br)ccc2c1)C(F)(F)F.O=S(=O)(Oc1ccc2ccccc2n1)C(F)(F)F. The van der Waals surface area contributed by atoms with Crippen LogP contribution in [-0.2, 0) is 50.6 Å². The molecule has 0 aliphatic carbocycles. The molecule has 0 radical (unpaired) electrons. The Morgan fingerprint density at radius 1 is 0.310 bits per heavy atom. The van der Waals surface area contributed by atoms with Crippen molar-refractivity contribution in [3.63, 3.8) is 0 Å². The molecule has 10 aromatic rings. The molecule has 42 heteroatoms. The Hall–Kier alpha value is -9.26. The van der Waals surface area contributed by atoms with Gasteiger partial charge in [0.25, 0.3) is 0 Å². The number of aryl methyl sites for hydroxylation is 1. The van der Waals surface area contributed by atoms with Crippen molar-refractivity contribution in [3.05, 3.63) is 174 Å². The van der Waals surface area contributed by atoms with Gasteiger partial charge in [-0.05, 0) is 131 Å². The molecule has 10 rings (SSSR count). The molecule has 0 aliphatic heterocycles. The first kappa shape index (κ1) is 79.7. The Morgan fingerprint density at radius 3 is 1.16 bits per heavy atom. The number of aromatic nitrogens is 2. The molecule has 0 aliphatic rings. The van der Waals surface area contributed by atoms with Gasteiger partial charge in [-0.1, -0.05) is 70.5 Å². The summed E-state index contributed by atoms with van der Waals surface area (Å²) in [4.78, 5) is 7.41. The highest BCUT2D eigenvalue weighted by Gasteiger charge is 2.52. The Bertz CT molecular complexity index is 5250. The van der Waals surface area contributed by atoms with Gasteiger partial charge in [0.15, 0.2) is 11.5 Å². The first-order chi connectivity index (χ1) is 46.1. The third-order valence-corrected chi connectivity index (χ3v) is 17.7. The van der Waals surface area contributed by atoms with E-state index in [2.05, 4.69) is 46.8 Å². The zero-order valence-corrected chi connectivity index (χ0v) is 56.0. The van der Waals surface area contributed by atoms with E-state index < -0.39 is 101 Å². The van der Waals surface area contributed by atoms with Crippen LogP contribution in [0, 0.1) is 6.92 Å². The van der Waals surface area contributed by atoms with Crippen molar-refractivity contribution >= 4 is 121 Å². The van der Waals surface area contributed by atoms with Crippen molar-refractivity contribution < 1.29 is 148 Å². The number of rotatable bonds is 14. The largest absolute Gasteiger partial charge is 0.534 e. The van der Waals surface area contributed by atoms with Gasteiger partial charge in [-0.3, -0.25) is 0 Å². The number of nitrogens with zero attached hydrogens (tertiary/aromatic N) is 2.